The normalized spacial score (nSPS) is 10.2. The van der Waals surface area contributed by atoms with Gasteiger partial charge in [-0.05, 0) is 29.8 Å². The van der Waals surface area contributed by atoms with Crippen molar-refractivity contribution >= 4 is 21.8 Å². The van der Waals surface area contributed by atoms with Crippen molar-refractivity contribution in [2.45, 2.75) is 13.0 Å². The molecule has 0 saturated carbocycles. The second kappa shape index (κ2) is 7.22. The Hall–Kier alpha value is -1.88. The molecule has 0 saturated heterocycles. The first-order chi connectivity index (χ1) is 10.1. The fraction of sp³-hybridized carbons (Fsp3) is 0.188. The van der Waals surface area contributed by atoms with Crippen LogP contribution in [0.2, 0.25) is 0 Å². The highest BCUT2D eigenvalue weighted by Gasteiger charge is 2.09. The zero-order valence-corrected chi connectivity index (χ0v) is 13.1. The van der Waals surface area contributed by atoms with Crippen LogP contribution in [-0.4, -0.2) is 13.0 Å². The second-order valence-corrected chi connectivity index (χ2v) is 5.42. The van der Waals surface area contributed by atoms with Gasteiger partial charge in [-0.2, -0.15) is 0 Å². The van der Waals surface area contributed by atoms with E-state index in [9.17, 15) is 9.18 Å². The van der Waals surface area contributed by atoms with E-state index < -0.39 is 0 Å². The van der Waals surface area contributed by atoms with Gasteiger partial charge in [0.05, 0.1) is 13.5 Å². The first-order valence-corrected chi connectivity index (χ1v) is 7.22. The Morgan fingerprint density at radius 2 is 2.00 bits per heavy atom. The highest BCUT2D eigenvalue weighted by atomic mass is 79.9. The van der Waals surface area contributed by atoms with Crippen LogP contribution in [0.5, 0.6) is 5.75 Å². The average molecular weight is 352 g/mol. The topological polar surface area (TPSA) is 38.3 Å². The molecule has 2 rings (SSSR count). The van der Waals surface area contributed by atoms with Crippen molar-refractivity contribution in [2.75, 3.05) is 7.11 Å². The van der Waals surface area contributed by atoms with Crippen LogP contribution in [0.3, 0.4) is 0 Å². The quantitative estimate of drug-likeness (QED) is 0.895. The third kappa shape index (κ3) is 4.29. The molecular formula is C16H15BrFNO2. The Bertz CT molecular complexity index is 646. The number of carbonyl (C=O) groups is 1. The minimum absolute atomic E-state index is 0.000419. The van der Waals surface area contributed by atoms with Crippen molar-refractivity contribution in [3.05, 3.63) is 63.9 Å². The van der Waals surface area contributed by atoms with Crippen molar-refractivity contribution in [1.82, 2.24) is 5.32 Å². The van der Waals surface area contributed by atoms with Crippen LogP contribution in [0.4, 0.5) is 4.39 Å². The van der Waals surface area contributed by atoms with E-state index in [0.29, 0.717) is 17.9 Å². The molecule has 21 heavy (non-hydrogen) atoms. The van der Waals surface area contributed by atoms with E-state index in [1.807, 2.05) is 24.3 Å². The Morgan fingerprint density at radius 1 is 1.24 bits per heavy atom. The summed E-state index contributed by atoms with van der Waals surface area (Å²) in [5.74, 6) is 0.0926. The molecule has 5 heteroatoms. The molecule has 1 amide bonds. The van der Waals surface area contributed by atoms with Crippen molar-refractivity contribution in [2.24, 2.45) is 0 Å². The number of para-hydroxylation sites is 1. The van der Waals surface area contributed by atoms with Crippen LogP contribution in [-0.2, 0) is 17.8 Å². The largest absolute Gasteiger partial charge is 0.496 e. The summed E-state index contributed by atoms with van der Waals surface area (Å²) in [7, 11) is 1.58. The first kappa shape index (κ1) is 15.5. The summed E-state index contributed by atoms with van der Waals surface area (Å²) in [4.78, 5) is 11.9. The fourth-order valence-electron chi connectivity index (χ4n) is 1.96. The van der Waals surface area contributed by atoms with Crippen LogP contribution in [0, 0.1) is 5.82 Å². The van der Waals surface area contributed by atoms with Gasteiger partial charge < -0.3 is 10.1 Å². The molecule has 2 aromatic carbocycles. The number of carbonyl (C=O) groups excluding carboxylic acids is 1. The predicted molar refractivity (Wildman–Crippen MR) is 82.6 cm³/mol. The summed E-state index contributed by atoms with van der Waals surface area (Å²) < 4.78 is 19.6. The molecule has 0 aliphatic rings. The van der Waals surface area contributed by atoms with Crippen LogP contribution in [0.15, 0.2) is 46.9 Å². The smallest absolute Gasteiger partial charge is 0.224 e. The molecule has 0 spiro atoms. The second-order valence-electron chi connectivity index (χ2n) is 4.50. The maximum atomic E-state index is 13.6. The number of ether oxygens (including phenoxy) is 1. The van der Waals surface area contributed by atoms with Crippen molar-refractivity contribution in [1.29, 1.82) is 0 Å². The highest BCUT2D eigenvalue weighted by Crippen LogP contribution is 2.18. The van der Waals surface area contributed by atoms with Gasteiger partial charge in [-0.15, -0.1) is 0 Å². The monoisotopic (exact) mass is 351 g/mol. The number of amides is 1. The maximum absolute atomic E-state index is 13.6. The molecule has 0 radical (unpaired) electrons. The van der Waals surface area contributed by atoms with Crippen molar-refractivity contribution in [3.8, 4) is 5.75 Å². The van der Waals surface area contributed by atoms with Gasteiger partial charge in [0.15, 0.2) is 0 Å². The Labute approximate surface area is 131 Å². The van der Waals surface area contributed by atoms with Gasteiger partial charge >= 0.3 is 0 Å². The molecule has 0 heterocycles. The molecule has 0 atom stereocenters. The summed E-state index contributed by atoms with van der Waals surface area (Å²) in [6.45, 7) is 0.346. The predicted octanol–water partition coefficient (Wildman–Crippen LogP) is 3.46. The molecule has 110 valence electrons. The Kier molecular flexibility index (Phi) is 5.33. The van der Waals surface area contributed by atoms with E-state index in [-0.39, 0.29) is 18.1 Å². The van der Waals surface area contributed by atoms with E-state index in [4.69, 9.17) is 4.74 Å². The molecule has 1 N–H and O–H groups in total. The van der Waals surface area contributed by atoms with Gasteiger partial charge in [0, 0.05) is 16.6 Å². The molecular weight excluding hydrogens is 337 g/mol. The van der Waals surface area contributed by atoms with Gasteiger partial charge in [0.25, 0.3) is 0 Å². The van der Waals surface area contributed by atoms with Gasteiger partial charge in [-0.3, -0.25) is 4.79 Å². The number of hydrogen-bond donors (Lipinski definition) is 1. The van der Waals surface area contributed by atoms with Crippen LogP contribution in [0.1, 0.15) is 11.1 Å². The highest BCUT2D eigenvalue weighted by molar-refractivity contribution is 9.10. The van der Waals surface area contributed by atoms with Crippen molar-refractivity contribution in [3.63, 3.8) is 0 Å². The lowest BCUT2D eigenvalue weighted by molar-refractivity contribution is -0.120. The lowest BCUT2D eigenvalue weighted by atomic mass is 10.1. The van der Waals surface area contributed by atoms with Crippen LogP contribution < -0.4 is 10.1 Å². The lowest BCUT2D eigenvalue weighted by Crippen LogP contribution is -2.25. The summed E-state index contributed by atoms with van der Waals surface area (Å²) in [5, 5.41) is 2.77. The van der Waals surface area contributed by atoms with Crippen molar-refractivity contribution < 1.29 is 13.9 Å². The zero-order valence-electron chi connectivity index (χ0n) is 11.5. The van der Waals surface area contributed by atoms with Gasteiger partial charge in [-0.25, -0.2) is 4.39 Å². The minimum atomic E-state index is -0.384. The third-order valence-electron chi connectivity index (χ3n) is 3.03. The van der Waals surface area contributed by atoms with E-state index in [1.165, 1.54) is 6.07 Å². The SMILES string of the molecule is COc1ccccc1CNC(=O)Cc1cc(Br)ccc1F. The van der Waals surface area contributed by atoms with Crippen LogP contribution in [0.25, 0.3) is 0 Å². The Morgan fingerprint density at radius 3 is 2.76 bits per heavy atom. The van der Waals surface area contributed by atoms with Gasteiger partial charge in [0.1, 0.15) is 11.6 Å². The summed E-state index contributed by atoms with van der Waals surface area (Å²) in [6, 6.07) is 12.0. The molecule has 0 bridgehead atoms. The fourth-order valence-corrected chi connectivity index (χ4v) is 2.37. The molecule has 0 fully saturated rings. The lowest BCUT2D eigenvalue weighted by Gasteiger charge is -2.10. The minimum Gasteiger partial charge on any atom is -0.496 e. The molecule has 3 nitrogen and oxygen atoms in total. The zero-order chi connectivity index (χ0) is 15.2. The number of halogens is 2. The number of methoxy groups -OCH3 is 1. The van der Waals surface area contributed by atoms with E-state index in [1.54, 1.807) is 19.2 Å². The third-order valence-corrected chi connectivity index (χ3v) is 3.52. The molecule has 0 unspecified atom stereocenters. The maximum Gasteiger partial charge on any atom is 0.224 e. The van der Waals surface area contributed by atoms with E-state index >= 15 is 0 Å². The first-order valence-electron chi connectivity index (χ1n) is 6.42. The summed E-state index contributed by atoms with van der Waals surface area (Å²) in [6.07, 6.45) is 0.000419. The molecule has 0 aliphatic carbocycles. The number of benzene rings is 2. The average Bonchev–Trinajstić information content (AvgIpc) is 2.49. The van der Waals surface area contributed by atoms with Gasteiger partial charge in [0.2, 0.25) is 5.91 Å². The number of rotatable bonds is 5. The molecule has 2 aromatic rings. The standard InChI is InChI=1S/C16H15BrFNO2/c1-21-15-5-3-2-4-11(15)10-19-16(20)9-12-8-13(17)6-7-14(12)18/h2-8H,9-10H2,1H3,(H,19,20). The summed E-state index contributed by atoms with van der Waals surface area (Å²) >= 11 is 3.27. The number of nitrogens with one attached hydrogen (secondary N) is 1. The van der Waals surface area contributed by atoms with E-state index in [2.05, 4.69) is 21.2 Å². The van der Waals surface area contributed by atoms with Gasteiger partial charge in [-0.1, -0.05) is 34.1 Å². The number of hydrogen-bond acceptors (Lipinski definition) is 2. The molecule has 0 aliphatic heterocycles. The Balaban J connectivity index is 1.97. The van der Waals surface area contributed by atoms with E-state index in [0.717, 1.165) is 10.0 Å². The summed E-state index contributed by atoms with van der Waals surface area (Å²) in [5.41, 5.74) is 1.24. The molecule has 0 aromatic heterocycles. The van der Waals surface area contributed by atoms with Crippen LogP contribution >= 0.6 is 15.9 Å².